The van der Waals surface area contributed by atoms with E-state index in [1.165, 1.54) is 37.8 Å². The van der Waals surface area contributed by atoms with Gasteiger partial charge in [0.1, 0.15) is 5.82 Å². The van der Waals surface area contributed by atoms with Gasteiger partial charge in [0, 0.05) is 25.7 Å². The standard InChI is InChI=1S/C19H28FN3O.2ClH/c1-23(13-14-6-8-16(20)9-7-14)11-10-21-19(24)18-12-15-4-2-3-5-17(15)22-18;;/h6-9,15,17-18,22H,2-5,10-13H2,1H3,(H,21,24);2*1H. The van der Waals surface area contributed by atoms with E-state index in [0.717, 1.165) is 25.1 Å². The first-order valence-corrected chi connectivity index (χ1v) is 9.08. The highest BCUT2D eigenvalue weighted by Gasteiger charge is 2.37. The van der Waals surface area contributed by atoms with Crippen molar-refractivity contribution in [2.75, 3.05) is 20.1 Å². The molecule has 2 aliphatic rings. The average Bonchev–Trinajstić information content (AvgIpc) is 3.01. The maximum atomic E-state index is 12.9. The number of amides is 1. The van der Waals surface area contributed by atoms with Crippen LogP contribution in [0, 0.1) is 11.7 Å². The Balaban J connectivity index is 0.00000169. The molecule has 1 amide bonds. The molecule has 148 valence electrons. The predicted molar refractivity (Wildman–Crippen MR) is 108 cm³/mol. The first-order chi connectivity index (χ1) is 11.6. The second kappa shape index (κ2) is 11.1. The Kier molecular flexibility index (Phi) is 9.86. The molecular weight excluding hydrogens is 376 g/mol. The fraction of sp³-hybridized carbons (Fsp3) is 0.632. The topological polar surface area (TPSA) is 44.4 Å². The maximum absolute atomic E-state index is 12.9. The van der Waals surface area contributed by atoms with Gasteiger partial charge in [-0.2, -0.15) is 0 Å². The molecule has 1 aromatic rings. The van der Waals surface area contributed by atoms with Crippen molar-refractivity contribution >= 4 is 30.7 Å². The van der Waals surface area contributed by atoms with Gasteiger partial charge in [-0.3, -0.25) is 4.79 Å². The third-order valence-corrected chi connectivity index (χ3v) is 5.34. The normalized spacial score (nSPS) is 24.3. The molecule has 7 heteroatoms. The molecule has 3 unspecified atom stereocenters. The van der Waals surface area contributed by atoms with Crippen LogP contribution in [0.3, 0.4) is 0 Å². The van der Waals surface area contributed by atoms with E-state index >= 15 is 0 Å². The van der Waals surface area contributed by atoms with Crippen molar-refractivity contribution in [1.82, 2.24) is 15.5 Å². The molecule has 1 heterocycles. The lowest BCUT2D eigenvalue weighted by Crippen LogP contribution is -2.44. The van der Waals surface area contributed by atoms with Crippen LogP contribution in [0.25, 0.3) is 0 Å². The van der Waals surface area contributed by atoms with E-state index in [1.807, 2.05) is 7.05 Å². The lowest BCUT2D eigenvalue weighted by molar-refractivity contribution is -0.122. The Hall–Kier alpha value is -0.880. The first kappa shape index (κ1) is 23.2. The van der Waals surface area contributed by atoms with Crippen molar-refractivity contribution in [3.63, 3.8) is 0 Å². The molecule has 2 fully saturated rings. The summed E-state index contributed by atoms with van der Waals surface area (Å²) >= 11 is 0. The number of nitrogens with one attached hydrogen (secondary N) is 2. The number of benzene rings is 1. The summed E-state index contributed by atoms with van der Waals surface area (Å²) in [6, 6.07) is 7.10. The zero-order valence-electron chi connectivity index (χ0n) is 15.2. The number of carbonyl (C=O) groups is 1. The summed E-state index contributed by atoms with van der Waals surface area (Å²) < 4.78 is 12.9. The molecule has 0 bridgehead atoms. The number of carbonyl (C=O) groups excluding carboxylic acids is 1. The minimum atomic E-state index is -0.210. The van der Waals surface area contributed by atoms with Gasteiger partial charge in [-0.1, -0.05) is 25.0 Å². The van der Waals surface area contributed by atoms with Gasteiger partial charge in [-0.25, -0.2) is 4.39 Å². The Morgan fingerprint density at radius 3 is 2.62 bits per heavy atom. The molecule has 1 aromatic carbocycles. The number of likely N-dealkylation sites (N-methyl/N-ethyl adjacent to an activating group) is 1. The quantitative estimate of drug-likeness (QED) is 0.763. The monoisotopic (exact) mass is 405 g/mol. The summed E-state index contributed by atoms with van der Waals surface area (Å²) in [5, 5.41) is 6.57. The lowest BCUT2D eigenvalue weighted by atomic mass is 9.85. The minimum Gasteiger partial charge on any atom is -0.353 e. The van der Waals surface area contributed by atoms with Gasteiger partial charge in [0.2, 0.25) is 5.91 Å². The van der Waals surface area contributed by atoms with Crippen LogP contribution in [0.1, 0.15) is 37.7 Å². The van der Waals surface area contributed by atoms with E-state index in [2.05, 4.69) is 15.5 Å². The van der Waals surface area contributed by atoms with Crippen LogP contribution in [-0.2, 0) is 11.3 Å². The minimum absolute atomic E-state index is 0. The summed E-state index contributed by atoms with van der Waals surface area (Å²) in [6.07, 6.45) is 6.07. The number of fused-ring (bicyclic) bond motifs is 1. The van der Waals surface area contributed by atoms with Crippen LogP contribution in [0.15, 0.2) is 24.3 Å². The molecule has 2 N–H and O–H groups in total. The molecule has 4 nitrogen and oxygen atoms in total. The van der Waals surface area contributed by atoms with Crippen molar-refractivity contribution in [3.05, 3.63) is 35.6 Å². The molecular formula is C19H30Cl2FN3O. The van der Waals surface area contributed by atoms with Gasteiger partial charge in [0.15, 0.2) is 0 Å². The summed E-state index contributed by atoms with van der Waals surface area (Å²) in [7, 11) is 2.01. The zero-order valence-corrected chi connectivity index (χ0v) is 16.9. The second-order valence-electron chi connectivity index (χ2n) is 7.26. The third-order valence-electron chi connectivity index (χ3n) is 5.34. The number of hydrogen-bond acceptors (Lipinski definition) is 3. The fourth-order valence-electron chi connectivity index (χ4n) is 3.99. The maximum Gasteiger partial charge on any atom is 0.237 e. The number of hydrogen-bond donors (Lipinski definition) is 2. The third kappa shape index (κ3) is 6.38. The smallest absolute Gasteiger partial charge is 0.237 e. The Bertz CT molecular complexity index is 544. The zero-order chi connectivity index (χ0) is 16.9. The molecule has 1 aliphatic heterocycles. The molecule has 0 spiro atoms. The van der Waals surface area contributed by atoms with Crippen molar-refractivity contribution in [2.45, 2.75) is 50.7 Å². The number of rotatable bonds is 6. The van der Waals surface area contributed by atoms with E-state index in [1.54, 1.807) is 12.1 Å². The molecule has 26 heavy (non-hydrogen) atoms. The van der Waals surface area contributed by atoms with Crippen molar-refractivity contribution in [1.29, 1.82) is 0 Å². The van der Waals surface area contributed by atoms with Crippen LogP contribution in [-0.4, -0.2) is 43.0 Å². The van der Waals surface area contributed by atoms with Crippen LogP contribution in [0.4, 0.5) is 4.39 Å². The Morgan fingerprint density at radius 1 is 1.23 bits per heavy atom. The van der Waals surface area contributed by atoms with Gasteiger partial charge in [0.25, 0.3) is 0 Å². The van der Waals surface area contributed by atoms with E-state index in [-0.39, 0.29) is 42.6 Å². The first-order valence-electron chi connectivity index (χ1n) is 9.08. The number of halogens is 3. The van der Waals surface area contributed by atoms with Gasteiger partial charge in [-0.05, 0) is 49.9 Å². The fourth-order valence-corrected chi connectivity index (χ4v) is 3.99. The summed E-state index contributed by atoms with van der Waals surface area (Å²) in [5.41, 5.74) is 1.08. The van der Waals surface area contributed by atoms with E-state index in [9.17, 15) is 9.18 Å². The highest BCUT2D eigenvalue weighted by Crippen LogP contribution is 2.33. The molecule has 1 aliphatic carbocycles. The van der Waals surface area contributed by atoms with E-state index in [0.29, 0.717) is 18.5 Å². The van der Waals surface area contributed by atoms with Gasteiger partial charge >= 0.3 is 0 Å². The van der Waals surface area contributed by atoms with Crippen molar-refractivity contribution in [2.24, 2.45) is 5.92 Å². The Labute approximate surface area is 168 Å². The van der Waals surface area contributed by atoms with Crippen molar-refractivity contribution in [3.8, 4) is 0 Å². The second-order valence-corrected chi connectivity index (χ2v) is 7.26. The lowest BCUT2D eigenvalue weighted by Gasteiger charge is -2.24. The average molecular weight is 406 g/mol. The predicted octanol–water partition coefficient (Wildman–Crippen LogP) is 3.14. The van der Waals surface area contributed by atoms with Crippen molar-refractivity contribution < 1.29 is 9.18 Å². The van der Waals surface area contributed by atoms with Crippen LogP contribution in [0.5, 0.6) is 0 Å². The molecule has 3 rings (SSSR count). The summed E-state index contributed by atoms with van der Waals surface area (Å²) in [5.74, 6) is 0.619. The van der Waals surface area contributed by atoms with Gasteiger partial charge in [0.05, 0.1) is 6.04 Å². The largest absolute Gasteiger partial charge is 0.353 e. The Morgan fingerprint density at radius 2 is 1.92 bits per heavy atom. The molecule has 0 radical (unpaired) electrons. The van der Waals surface area contributed by atoms with Crippen LogP contribution in [0.2, 0.25) is 0 Å². The highest BCUT2D eigenvalue weighted by molar-refractivity contribution is 5.85. The summed E-state index contributed by atoms with van der Waals surface area (Å²) in [6.45, 7) is 2.18. The molecule has 1 saturated carbocycles. The highest BCUT2D eigenvalue weighted by atomic mass is 35.5. The van der Waals surface area contributed by atoms with Gasteiger partial charge in [-0.15, -0.1) is 24.8 Å². The SMILES string of the molecule is CN(CCNC(=O)C1CC2CCCCC2N1)Cc1ccc(F)cc1.Cl.Cl. The van der Waals surface area contributed by atoms with E-state index < -0.39 is 0 Å². The molecule has 3 atom stereocenters. The van der Waals surface area contributed by atoms with E-state index in [4.69, 9.17) is 0 Å². The van der Waals surface area contributed by atoms with Gasteiger partial charge < -0.3 is 15.5 Å². The molecule has 0 aromatic heterocycles. The summed E-state index contributed by atoms with van der Waals surface area (Å²) in [4.78, 5) is 14.5. The van der Waals surface area contributed by atoms with Crippen LogP contribution >= 0.6 is 24.8 Å². The number of nitrogens with zero attached hydrogens (tertiary/aromatic N) is 1. The van der Waals surface area contributed by atoms with Crippen LogP contribution < -0.4 is 10.6 Å². The molecule has 1 saturated heterocycles.